The third-order valence-electron chi connectivity index (χ3n) is 3.86. The summed E-state index contributed by atoms with van der Waals surface area (Å²) in [6, 6.07) is 7.40. The fourth-order valence-electron chi connectivity index (χ4n) is 2.60. The lowest BCUT2D eigenvalue weighted by Gasteiger charge is -2.24. The maximum absolute atomic E-state index is 12.3. The first-order valence-corrected chi connectivity index (χ1v) is 11.4. The van der Waals surface area contributed by atoms with Crippen LogP contribution in [0.2, 0.25) is 5.02 Å². The predicted octanol–water partition coefficient (Wildman–Crippen LogP) is 5.35. The molecule has 0 saturated carbocycles. The van der Waals surface area contributed by atoms with Gasteiger partial charge in [-0.25, -0.2) is 4.79 Å². The van der Waals surface area contributed by atoms with Crippen molar-refractivity contribution in [1.29, 1.82) is 0 Å². The quantitative estimate of drug-likeness (QED) is 0.506. The molecule has 1 aromatic carbocycles. The van der Waals surface area contributed by atoms with Gasteiger partial charge in [0.25, 0.3) is 0 Å². The predicted molar refractivity (Wildman–Crippen MR) is 117 cm³/mol. The minimum Gasteiger partial charge on any atom is -0.444 e. The van der Waals surface area contributed by atoms with Crippen LogP contribution in [-0.2, 0) is 10.5 Å². The second-order valence-corrected chi connectivity index (χ2v) is 10.5. The van der Waals surface area contributed by atoms with Crippen LogP contribution in [0.5, 0.6) is 0 Å². The fraction of sp³-hybridized carbons (Fsp3) is 0.474. The van der Waals surface area contributed by atoms with Crippen molar-refractivity contribution in [2.24, 2.45) is 5.92 Å². The molecule has 3 rings (SSSR count). The van der Waals surface area contributed by atoms with Gasteiger partial charge in [0.05, 0.1) is 6.04 Å². The molecule has 0 saturated heterocycles. The third kappa shape index (κ3) is 5.83. The Labute approximate surface area is 183 Å². The maximum Gasteiger partial charge on any atom is 0.408 e. The molecule has 0 spiro atoms. The number of amides is 1. The number of fused-ring (bicyclic) bond motifs is 1. The summed E-state index contributed by atoms with van der Waals surface area (Å²) in [6.45, 7) is 9.50. The number of rotatable bonds is 6. The van der Waals surface area contributed by atoms with Crippen LogP contribution in [0.3, 0.4) is 0 Å². The van der Waals surface area contributed by atoms with Crippen molar-refractivity contribution in [1.82, 2.24) is 25.1 Å². The van der Waals surface area contributed by atoms with Crippen molar-refractivity contribution >= 4 is 45.8 Å². The number of nitrogens with zero attached hydrogens (tertiary/aromatic N) is 4. The summed E-state index contributed by atoms with van der Waals surface area (Å²) in [6.07, 6.45) is -0.487. The summed E-state index contributed by atoms with van der Waals surface area (Å²) in [5.41, 5.74) is 0.552. The highest BCUT2D eigenvalue weighted by atomic mass is 35.5. The van der Waals surface area contributed by atoms with Crippen LogP contribution in [-0.4, -0.2) is 31.5 Å². The lowest BCUT2D eigenvalue weighted by molar-refractivity contribution is 0.0486. The number of aromatic nitrogens is 4. The third-order valence-corrected chi connectivity index (χ3v) is 6.20. The SMILES string of the molecule is CC(C)C(NC(=O)OC(C)(C)C)c1nnc2sc(SCc3cccc(Cl)c3)nn12. The first-order chi connectivity index (χ1) is 13.6. The monoisotopic (exact) mass is 453 g/mol. The molecule has 2 heterocycles. The topological polar surface area (TPSA) is 81.4 Å². The summed E-state index contributed by atoms with van der Waals surface area (Å²) in [5, 5.41) is 16.8. The maximum atomic E-state index is 12.3. The average molecular weight is 454 g/mol. The Kier molecular flexibility index (Phi) is 6.70. The van der Waals surface area contributed by atoms with Crippen molar-refractivity contribution in [3.05, 3.63) is 40.7 Å². The van der Waals surface area contributed by atoms with E-state index in [2.05, 4.69) is 20.6 Å². The number of thioether (sulfide) groups is 1. The molecule has 0 aliphatic carbocycles. The number of alkyl carbamates (subject to hydrolysis) is 1. The Bertz CT molecular complexity index is 996. The van der Waals surface area contributed by atoms with E-state index in [9.17, 15) is 4.79 Å². The zero-order valence-corrected chi connectivity index (χ0v) is 19.4. The van der Waals surface area contributed by atoms with Gasteiger partial charge in [-0.05, 0) is 44.4 Å². The van der Waals surface area contributed by atoms with Gasteiger partial charge < -0.3 is 10.1 Å². The van der Waals surface area contributed by atoms with Crippen molar-refractivity contribution in [2.75, 3.05) is 0 Å². The van der Waals surface area contributed by atoms with Gasteiger partial charge in [-0.1, -0.05) is 60.7 Å². The van der Waals surface area contributed by atoms with E-state index in [-0.39, 0.29) is 12.0 Å². The van der Waals surface area contributed by atoms with Crippen molar-refractivity contribution in [3.8, 4) is 0 Å². The number of halogens is 1. The van der Waals surface area contributed by atoms with E-state index in [1.807, 2.05) is 58.9 Å². The number of hydrogen-bond acceptors (Lipinski definition) is 7. The van der Waals surface area contributed by atoms with Crippen LogP contribution in [0.25, 0.3) is 4.96 Å². The van der Waals surface area contributed by atoms with Crippen LogP contribution in [0, 0.1) is 5.92 Å². The van der Waals surface area contributed by atoms with E-state index in [4.69, 9.17) is 16.3 Å². The summed E-state index contributed by atoms with van der Waals surface area (Å²) >= 11 is 9.13. The molecule has 29 heavy (non-hydrogen) atoms. The molecule has 2 aromatic heterocycles. The molecular weight excluding hydrogens is 430 g/mol. The molecular formula is C19H24ClN5O2S2. The summed E-state index contributed by atoms with van der Waals surface area (Å²) in [7, 11) is 0. The highest BCUT2D eigenvalue weighted by Crippen LogP contribution is 2.30. The van der Waals surface area contributed by atoms with Crippen molar-refractivity contribution < 1.29 is 9.53 Å². The largest absolute Gasteiger partial charge is 0.444 e. The standard InChI is InChI=1S/C19H24ClN5O2S2/c1-11(2)14(21-17(26)27-19(3,4)5)15-22-23-16-25(15)24-18(29-16)28-10-12-7-6-8-13(20)9-12/h6-9,11,14H,10H2,1-5H3,(H,21,26). The van der Waals surface area contributed by atoms with Crippen molar-refractivity contribution in [2.45, 2.75) is 56.4 Å². The van der Waals surface area contributed by atoms with Gasteiger partial charge in [-0.15, -0.1) is 15.3 Å². The van der Waals surface area contributed by atoms with E-state index >= 15 is 0 Å². The molecule has 10 heteroatoms. The minimum absolute atomic E-state index is 0.0826. The number of carbonyl (C=O) groups is 1. The number of nitrogens with one attached hydrogen (secondary N) is 1. The molecule has 156 valence electrons. The molecule has 0 aliphatic heterocycles. The van der Waals surface area contributed by atoms with Gasteiger partial charge in [0.1, 0.15) is 5.60 Å². The Morgan fingerprint density at radius 2 is 2.10 bits per heavy atom. The van der Waals surface area contributed by atoms with Crippen LogP contribution < -0.4 is 5.32 Å². The second kappa shape index (κ2) is 8.89. The lowest BCUT2D eigenvalue weighted by Crippen LogP contribution is -2.37. The summed E-state index contributed by atoms with van der Waals surface area (Å²) < 4.78 is 7.96. The normalized spacial score (nSPS) is 13.1. The number of carbonyl (C=O) groups excluding carboxylic acids is 1. The molecule has 0 aliphatic rings. The van der Waals surface area contributed by atoms with Crippen LogP contribution >= 0.6 is 34.7 Å². The minimum atomic E-state index is -0.573. The van der Waals surface area contributed by atoms with Gasteiger partial charge >= 0.3 is 6.09 Å². The molecule has 1 atom stereocenters. The Morgan fingerprint density at radius 3 is 2.76 bits per heavy atom. The van der Waals surface area contributed by atoms with E-state index in [0.717, 1.165) is 20.7 Å². The lowest BCUT2D eigenvalue weighted by atomic mass is 10.0. The zero-order chi connectivity index (χ0) is 21.2. The molecule has 0 fully saturated rings. The molecule has 0 bridgehead atoms. The van der Waals surface area contributed by atoms with Gasteiger partial charge in [-0.2, -0.15) is 4.52 Å². The molecule has 7 nitrogen and oxygen atoms in total. The first kappa shape index (κ1) is 21.9. The van der Waals surface area contributed by atoms with Crippen LogP contribution in [0.15, 0.2) is 28.6 Å². The Balaban J connectivity index is 1.77. The molecule has 1 amide bonds. The summed E-state index contributed by atoms with van der Waals surface area (Å²) in [4.78, 5) is 13.0. The van der Waals surface area contributed by atoms with E-state index in [1.165, 1.54) is 11.3 Å². The Hall–Kier alpha value is -1.84. The highest BCUT2D eigenvalue weighted by molar-refractivity contribution is 8.00. The molecule has 3 aromatic rings. The zero-order valence-electron chi connectivity index (χ0n) is 17.0. The highest BCUT2D eigenvalue weighted by Gasteiger charge is 2.27. The van der Waals surface area contributed by atoms with Gasteiger partial charge in [0, 0.05) is 10.8 Å². The second-order valence-electron chi connectivity index (χ2n) is 7.91. The summed E-state index contributed by atoms with van der Waals surface area (Å²) in [5.74, 6) is 1.43. The van der Waals surface area contributed by atoms with E-state index in [1.54, 1.807) is 16.3 Å². The number of ether oxygens (including phenoxy) is 1. The molecule has 0 radical (unpaired) electrons. The van der Waals surface area contributed by atoms with Crippen LogP contribution in [0.4, 0.5) is 4.79 Å². The Morgan fingerprint density at radius 1 is 1.34 bits per heavy atom. The van der Waals surface area contributed by atoms with E-state index in [0.29, 0.717) is 10.8 Å². The number of benzene rings is 1. The van der Waals surface area contributed by atoms with Gasteiger partial charge in [0.2, 0.25) is 4.96 Å². The first-order valence-electron chi connectivity index (χ1n) is 9.21. The van der Waals surface area contributed by atoms with Gasteiger partial charge in [0.15, 0.2) is 10.2 Å². The fourth-order valence-corrected chi connectivity index (χ4v) is 4.64. The number of hydrogen-bond donors (Lipinski definition) is 1. The van der Waals surface area contributed by atoms with Gasteiger partial charge in [-0.3, -0.25) is 0 Å². The van der Waals surface area contributed by atoms with E-state index < -0.39 is 11.7 Å². The van der Waals surface area contributed by atoms with Crippen molar-refractivity contribution in [3.63, 3.8) is 0 Å². The average Bonchev–Trinajstić information content (AvgIpc) is 3.16. The van der Waals surface area contributed by atoms with Crippen LogP contribution in [0.1, 0.15) is 52.0 Å². The molecule has 1 unspecified atom stereocenters. The smallest absolute Gasteiger partial charge is 0.408 e. The molecule has 1 N–H and O–H groups in total.